The van der Waals surface area contributed by atoms with Gasteiger partial charge in [-0.25, -0.2) is 0 Å². The second-order valence-electron chi connectivity index (χ2n) is 4.53. The first-order valence-corrected chi connectivity index (χ1v) is 6.19. The zero-order valence-corrected chi connectivity index (χ0v) is 10.6. The Balaban J connectivity index is 1.74. The van der Waals surface area contributed by atoms with Crippen LogP contribution >= 0.6 is 0 Å². The van der Waals surface area contributed by atoms with Crippen molar-refractivity contribution in [3.63, 3.8) is 0 Å². The minimum atomic E-state index is -0.664. The summed E-state index contributed by atoms with van der Waals surface area (Å²) < 4.78 is 21.9. The highest BCUT2D eigenvalue weighted by molar-refractivity contribution is 5.28. The quantitative estimate of drug-likeness (QED) is 0.874. The fourth-order valence-corrected chi connectivity index (χ4v) is 2.24. The molecule has 5 nitrogen and oxygen atoms in total. The predicted molar refractivity (Wildman–Crippen MR) is 66.6 cm³/mol. The summed E-state index contributed by atoms with van der Waals surface area (Å²) in [6, 6.07) is 7.47. The van der Waals surface area contributed by atoms with Gasteiger partial charge in [0, 0.05) is 5.56 Å². The second kappa shape index (κ2) is 5.21. The number of aliphatic hydroxyl groups excluding tert-OH is 1. The summed E-state index contributed by atoms with van der Waals surface area (Å²) in [6.45, 7) is 0.392. The largest absolute Gasteiger partial charge is 0.497 e. The summed E-state index contributed by atoms with van der Waals surface area (Å²) in [7, 11) is 1.62. The lowest BCUT2D eigenvalue weighted by atomic mass is 10.0. The number of hydrogen-bond acceptors (Lipinski definition) is 5. The highest BCUT2D eigenvalue weighted by Gasteiger charge is 2.39. The van der Waals surface area contributed by atoms with Crippen molar-refractivity contribution in [2.45, 2.75) is 24.6 Å². The molecule has 1 aromatic carbocycles. The first-order chi connectivity index (χ1) is 9.28. The number of aliphatic hydroxyl groups is 1. The molecule has 1 fully saturated rings. The SMILES string of the molecule is COc1ccc([C@@H]2OC[C@H]3OC=C[C@@H](O)[C@@H]3O2)cc1. The van der Waals surface area contributed by atoms with Gasteiger partial charge in [0.15, 0.2) is 12.4 Å². The van der Waals surface area contributed by atoms with Gasteiger partial charge < -0.3 is 24.1 Å². The third-order valence-electron chi connectivity index (χ3n) is 3.31. The first-order valence-electron chi connectivity index (χ1n) is 6.19. The molecular weight excluding hydrogens is 248 g/mol. The summed E-state index contributed by atoms with van der Waals surface area (Å²) in [6.07, 6.45) is 1.27. The molecule has 0 amide bonds. The van der Waals surface area contributed by atoms with Crippen molar-refractivity contribution in [3.8, 4) is 5.75 Å². The molecule has 0 saturated carbocycles. The summed E-state index contributed by atoms with van der Waals surface area (Å²) in [4.78, 5) is 0. The van der Waals surface area contributed by atoms with Gasteiger partial charge in [0.2, 0.25) is 0 Å². The van der Waals surface area contributed by atoms with Gasteiger partial charge in [-0.1, -0.05) is 12.1 Å². The van der Waals surface area contributed by atoms with Crippen molar-refractivity contribution in [1.82, 2.24) is 0 Å². The average Bonchev–Trinajstić information content (AvgIpc) is 2.47. The molecule has 4 atom stereocenters. The summed E-state index contributed by atoms with van der Waals surface area (Å²) in [5.41, 5.74) is 0.890. The lowest BCUT2D eigenvalue weighted by Gasteiger charge is -2.39. The Kier molecular flexibility index (Phi) is 3.42. The van der Waals surface area contributed by atoms with Crippen LogP contribution in [0, 0.1) is 0 Å². The van der Waals surface area contributed by atoms with E-state index < -0.39 is 18.5 Å². The lowest BCUT2D eigenvalue weighted by Crippen LogP contribution is -2.49. The summed E-state index contributed by atoms with van der Waals surface area (Å²) in [5.74, 6) is 0.779. The van der Waals surface area contributed by atoms with Crippen LogP contribution in [0.4, 0.5) is 0 Å². The Morgan fingerprint density at radius 2 is 2.05 bits per heavy atom. The molecule has 1 N–H and O–H groups in total. The zero-order valence-electron chi connectivity index (χ0n) is 10.6. The molecule has 0 radical (unpaired) electrons. The Labute approximate surface area is 111 Å². The van der Waals surface area contributed by atoms with E-state index in [1.165, 1.54) is 6.26 Å². The fraction of sp³-hybridized carbons (Fsp3) is 0.429. The monoisotopic (exact) mass is 264 g/mol. The van der Waals surface area contributed by atoms with E-state index in [1.54, 1.807) is 13.2 Å². The van der Waals surface area contributed by atoms with Crippen molar-refractivity contribution in [1.29, 1.82) is 0 Å². The maximum atomic E-state index is 9.88. The summed E-state index contributed by atoms with van der Waals surface area (Å²) >= 11 is 0. The predicted octanol–water partition coefficient (Wildman–Crippen LogP) is 1.38. The highest BCUT2D eigenvalue weighted by Crippen LogP contribution is 2.31. The van der Waals surface area contributed by atoms with E-state index in [-0.39, 0.29) is 6.10 Å². The van der Waals surface area contributed by atoms with Crippen molar-refractivity contribution >= 4 is 0 Å². The minimum Gasteiger partial charge on any atom is -0.497 e. The molecule has 2 aliphatic rings. The van der Waals surface area contributed by atoms with E-state index in [0.717, 1.165) is 11.3 Å². The maximum absolute atomic E-state index is 9.88. The van der Waals surface area contributed by atoms with E-state index in [9.17, 15) is 5.11 Å². The van der Waals surface area contributed by atoms with Gasteiger partial charge in [0.1, 0.15) is 18.0 Å². The molecule has 2 heterocycles. The number of rotatable bonds is 2. The number of ether oxygens (including phenoxy) is 4. The van der Waals surface area contributed by atoms with E-state index >= 15 is 0 Å². The van der Waals surface area contributed by atoms with Crippen LogP contribution in [0.1, 0.15) is 11.9 Å². The number of benzene rings is 1. The van der Waals surface area contributed by atoms with Gasteiger partial charge in [-0.05, 0) is 18.2 Å². The molecule has 19 heavy (non-hydrogen) atoms. The van der Waals surface area contributed by atoms with Gasteiger partial charge in [-0.3, -0.25) is 0 Å². The number of hydrogen-bond donors (Lipinski definition) is 1. The van der Waals surface area contributed by atoms with Crippen molar-refractivity contribution in [2.75, 3.05) is 13.7 Å². The smallest absolute Gasteiger partial charge is 0.184 e. The molecule has 3 rings (SSSR count). The Hall–Kier alpha value is -1.56. The van der Waals surface area contributed by atoms with Gasteiger partial charge in [-0.2, -0.15) is 0 Å². The molecule has 1 saturated heterocycles. The lowest BCUT2D eigenvalue weighted by molar-refractivity contribution is -0.276. The van der Waals surface area contributed by atoms with Crippen LogP contribution in [0.15, 0.2) is 36.6 Å². The maximum Gasteiger partial charge on any atom is 0.184 e. The third-order valence-corrected chi connectivity index (χ3v) is 3.31. The molecule has 1 aromatic rings. The molecule has 0 aliphatic carbocycles. The van der Waals surface area contributed by atoms with Crippen LogP contribution in [-0.4, -0.2) is 37.1 Å². The van der Waals surface area contributed by atoms with Crippen molar-refractivity contribution in [3.05, 3.63) is 42.2 Å². The Morgan fingerprint density at radius 3 is 2.79 bits per heavy atom. The second-order valence-corrected chi connectivity index (χ2v) is 4.53. The minimum absolute atomic E-state index is 0.255. The Bertz CT molecular complexity index is 455. The van der Waals surface area contributed by atoms with E-state index in [0.29, 0.717) is 6.61 Å². The van der Waals surface area contributed by atoms with E-state index in [1.807, 2.05) is 24.3 Å². The van der Waals surface area contributed by atoms with Crippen LogP contribution < -0.4 is 4.74 Å². The van der Waals surface area contributed by atoms with E-state index in [4.69, 9.17) is 18.9 Å². The van der Waals surface area contributed by atoms with E-state index in [2.05, 4.69) is 0 Å². The van der Waals surface area contributed by atoms with Crippen molar-refractivity contribution in [2.24, 2.45) is 0 Å². The summed E-state index contributed by atoms with van der Waals surface area (Å²) in [5, 5.41) is 9.88. The first kappa shape index (κ1) is 12.5. The topological polar surface area (TPSA) is 57.2 Å². The highest BCUT2D eigenvalue weighted by atomic mass is 16.7. The van der Waals surface area contributed by atoms with Crippen LogP contribution in [0.2, 0.25) is 0 Å². The van der Waals surface area contributed by atoms with Crippen LogP contribution in [-0.2, 0) is 14.2 Å². The fourth-order valence-electron chi connectivity index (χ4n) is 2.24. The average molecular weight is 264 g/mol. The third kappa shape index (κ3) is 2.45. The standard InChI is InChI=1S/C14H16O5/c1-16-10-4-2-9(3-5-10)14-18-8-12-13(19-14)11(15)6-7-17-12/h2-7,11-15H,8H2,1H3/t11-,12-,13+,14-/m1/s1. The molecule has 2 aliphatic heterocycles. The van der Waals surface area contributed by atoms with Gasteiger partial charge in [0.05, 0.1) is 20.0 Å². The van der Waals surface area contributed by atoms with Crippen LogP contribution in [0.5, 0.6) is 5.75 Å². The molecule has 102 valence electrons. The van der Waals surface area contributed by atoms with Crippen LogP contribution in [0.3, 0.4) is 0 Å². The normalized spacial score (nSPS) is 33.4. The van der Waals surface area contributed by atoms with Crippen LogP contribution in [0.25, 0.3) is 0 Å². The number of methoxy groups -OCH3 is 1. The molecule has 0 bridgehead atoms. The molecule has 0 spiro atoms. The zero-order chi connectivity index (χ0) is 13.2. The van der Waals surface area contributed by atoms with Gasteiger partial charge >= 0.3 is 0 Å². The van der Waals surface area contributed by atoms with Gasteiger partial charge in [-0.15, -0.1) is 0 Å². The Morgan fingerprint density at radius 1 is 1.26 bits per heavy atom. The molecule has 0 aromatic heterocycles. The molecule has 0 unspecified atom stereocenters. The molecular formula is C14H16O5. The number of fused-ring (bicyclic) bond motifs is 1. The van der Waals surface area contributed by atoms with Gasteiger partial charge in [0.25, 0.3) is 0 Å². The van der Waals surface area contributed by atoms with Crippen molar-refractivity contribution < 1.29 is 24.1 Å². The molecule has 5 heteroatoms.